The molecule has 0 saturated heterocycles. The number of carbonyl (C=O) groups excluding carboxylic acids is 2. The SMILES string of the molecule is COC(=O)c1cn(CC2Cc3ccccc3CN2C(=O)c2cccc3ccccc23)nn1. The van der Waals surface area contributed by atoms with Crippen LogP contribution in [0.5, 0.6) is 0 Å². The fourth-order valence-electron chi connectivity index (χ4n) is 4.36. The molecule has 0 N–H and O–H groups in total. The van der Waals surface area contributed by atoms with Gasteiger partial charge in [-0.15, -0.1) is 5.10 Å². The van der Waals surface area contributed by atoms with Crippen LogP contribution in [0.15, 0.2) is 72.9 Å². The van der Waals surface area contributed by atoms with Crippen LogP contribution < -0.4 is 0 Å². The molecule has 1 aliphatic heterocycles. The minimum Gasteiger partial charge on any atom is -0.464 e. The predicted molar refractivity (Wildman–Crippen MR) is 119 cm³/mol. The number of hydrogen-bond donors (Lipinski definition) is 0. The Morgan fingerprint density at radius 2 is 1.75 bits per heavy atom. The molecule has 0 bridgehead atoms. The van der Waals surface area contributed by atoms with Crippen LogP contribution in [0, 0.1) is 0 Å². The third kappa shape index (κ3) is 3.62. The Morgan fingerprint density at radius 3 is 2.59 bits per heavy atom. The monoisotopic (exact) mass is 426 g/mol. The molecule has 2 heterocycles. The molecular formula is C25H22N4O3. The lowest BCUT2D eigenvalue weighted by Gasteiger charge is -2.37. The van der Waals surface area contributed by atoms with E-state index < -0.39 is 5.97 Å². The van der Waals surface area contributed by atoms with Gasteiger partial charge in [-0.1, -0.05) is 65.9 Å². The number of nitrogens with zero attached hydrogens (tertiary/aromatic N) is 4. The smallest absolute Gasteiger partial charge is 0.360 e. The molecule has 1 atom stereocenters. The van der Waals surface area contributed by atoms with E-state index in [-0.39, 0.29) is 17.6 Å². The number of rotatable bonds is 4. The van der Waals surface area contributed by atoms with Crippen molar-refractivity contribution >= 4 is 22.6 Å². The first-order valence-electron chi connectivity index (χ1n) is 10.5. The molecule has 0 fully saturated rings. The average Bonchev–Trinajstić information content (AvgIpc) is 3.31. The van der Waals surface area contributed by atoms with Gasteiger partial charge in [-0.05, 0) is 34.4 Å². The first-order chi connectivity index (χ1) is 15.6. The minimum atomic E-state index is -0.533. The number of fused-ring (bicyclic) bond motifs is 2. The van der Waals surface area contributed by atoms with E-state index in [9.17, 15) is 9.59 Å². The van der Waals surface area contributed by atoms with Crippen molar-refractivity contribution < 1.29 is 14.3 Å². The molecule has 7 nitrogen and oxygen atoms in total. The number of benzene rings is 3. The van der Waals surface area contributed by atoms with E-state index in [1.54, 1.807) is 10.9 Å². The van der Waals surface area contributed by atoms with Crippen LogP contribution in [-0.4, -0.2) is 44.9 Å². The lowest BCUT2D eigenvalue weighted by molar-refractivity contribution is 0.0589. The molecule has 1 aliphatic rings. The molecule has 0 spiro atoms. The summed E-state index contributed by atoms with van der Waals surface area (Å²) in [5, 5.41) is 9.95. The Labute approximate surface area is 185 Å². The largest absolute Gasteiger partial charge is 0.464 e. The Balaban J connectivity index is 1.51. The first kappa shape index (κ1) is 19.9. The summed E-state index contributed by atoms with van der Waals surface area (Å²) in [5.74, 6) is -0.552. The van der Waals surface area contributed by atoms with Crippen molar-refractivity contribution in [3.8, 4) is 0 Å². The van der Waals surface area contributed by atoms with Gasteiger partial charge in [0.2, 0.25) is 0 Å². The summed E-state index contributed by atoms with van der Waals surface area (Å²) in [6, 6.07) is 21.8. The van der Waals surface area contributed by atoms with Crippen molar-refractivity contribution in [1.82, 2.24) is 19.9 Å². The van der Waals surface area contributed by atoms with Crippen molar-refractivity contribution in [3.63, 3.8) is 0 Å². The van der Waals surface area contributed by atoms with Crippen molar-refractivity contribution in [2.24, 2.45) is 0 Å². The van der Waals surface area contributed by atoms with Gasteiger partial charge in [-0.2, -0.15) is 0 Å². The number of amides is 1. The van der Waals surface area contributed by atoms with Crippen molar-refractivity contribution in [2.75, 3.05) is 7.11 Å². The van der Waals surface area contributed by atoms with Crippen molar-refractivity contribution in [2.45, 2.75) is 25.6 Å². The Kier molecular flexibility index (Phi) is 5.15. The molecule has 4 aromatic rings. The molecule has 1 amide bonds. The van der Waals surface area contributed by atoms with E-state index in [1.807, 2.05) is 59.5 Å². The molecule has 1 aromatic heterocycles. The molecule has 1 unspecified atom stereocenters. The predicted octanol–water partition coefficient (Wildman–Crippen LogP) is 3.49. The molecule has 3 aromatic carbocycles. The molecular weight excluding hydrogens is 404 g/mol. The third-order valence-electron chi connectivity index (χ3n) is 5.97. The van der Waals surface area contributed by atoms with Gasteiger partial charge < -0.3 is 9.64 Å². The van der Waals surface area contributed by atoms with Gasteiger partial charge in [0.15, 0.2) is 5.69 Å². The molecule has 0 radical (unpaired) electrons. The first-order valence-corrected chi connectivity index (χ1v) is 10.5. The molecule has 32 heavy (non-hydrogen) atoms. The summed E-state index contributed by atoms with van der Waals surface area (Å²) in [6.07, 6.45) is 2.26. The normalized spacial score (nSPS) is 15.4. The molecule has 7 heteroatoms. The topological polar surface area (TPSA) is 77.3 Å². The lowest BCUT2D eigenvalue weighted by Crippen LogP contribution is -2.46. The summed E-state index contributed by atoms with van der Waals surface area (Å²) in [5.41, 5.74) is 3.19. The van der Waals surface area contributed by atoms with Gasteiger partial charge >= 0.3 is 5.97 Å². The second kappa shape index (κ2) is 8.26. The van der Waals surface area contributed by atoms with E-state index in [0.717, 1.165) is 16.3 Å². The Morgan fingerprint density at radius 1 is 1.00 bits per heavy atom. The zero-order valence-electron chi connectivity index (χ0n) is 17.6. The highest BCUT2D eigenvalue weighted by Gasteiger charge is 2.31. The minimum absolute atomic E-state index is 0.0189. The lowest BCUT2D eigenvalue weighted by atomic mass is 9.92. The standard InChI is InChI=1S/C25H22N4O3/c1-32-25(31)23-16-28(27-26-23)15-20-13-18-8-2-3-9-19(18)14-29(20)24(30)22-12-6-10-17-7-4-5-11-21(17)22/h2-12,16,20H,13-15H2,1H3. The van der Waals surface area contributed by atoms with Crippen LogP contribution in [-0.2, 0) is 24.2 Å². The highest BCUT2D eigenvalue weighted by Crippen LogP contribution is 2.28. The second-order valence-corrected chi connectivity index (χ2v) is 7.90. The quantitative estimate of drug-likeness (QED) is 0.467. The molecule has 0 aliphatic carbocycles. The summed E-state index contributed by atoms with van der Waals surface area (Å²) in [7, 11) is 1.31. The zero-order chi connectivity index (χ0) is 22.1. The van der Waals surface area contributed by atoms with Crippen LogP contribution >= 0.6 is 0 Å². The summed E-state index contributed by atoms with van der Waals surface area (Å²) in [4.78, 5) is 27.5. The molecule has 160 valence electrons. The number of esters is 1. The van der Waals surface area contributed by atoms with Gasteiger partial charge in [-0.3, -0.25) is 4.79 Å². The van der Waals surface area contributed by atoms with Crippen LogP contribution in [0.25, 0.3) is 10.8 Å². The summed E-state index contributed by atoms with van der Waals surface area (Å²) >= 11 is 0. The number of aromatic nitrogens is 3. The Hall–Kier alpha value is -4.00. The van der Waals surface area contributed by atoms with Crippen LogP contribution in [0.1, 0.15) is 32.0 Å². The van der Waals surface area contributed by atoms with E-state index in [1.165, 1.54) is 12.7 Å². The average molecular weight is 426 g/mol. The van der Waals surface area contributed by atoms with Gasteiger partial charge in [-0.25, -0.2) is 9.48 Å². The highest BCUT2D eigenvalue weighted by atomic mass is 16.5. The number of hydrogen-bond acceptors (Lipinski definition) is 5. The summed E-state index contributed by atoms with van der Waals surface area (Å²) in [6.45, 7) is 0.941. The Bertz CT molecular complexity index is 1310. The number of methoxy groups -OCH3 is 1. The number of carbonyl (C=O) groups is 2. The fourth-order valence-corrected chi connectivity index (χ4v) is 4.36. The van der Waals surface area contributed by atoms with Gasteiger partial charge in [0, 0.05) is 12.1 Å². The fraction of sp³-hybridized carbons (Fsp3) is 0.200. The molecule has 0 saturated carbocycles. The zero-order valence-corrected chi connectivity index (χ0v) is 17.6. The maximum atomic E-state index is 13.8. The van der Waals surface area contributed by atoms with E-state index in [0.29, 0.717) is 25.1 Å². The summed E-state index contributed by atoms with van der Waals surface area (Å²) < 4.78 is 6.33. The third-order valence-corrected chi connectivity index (χ3v) is 5.97. The van der Waals surface area contributed by atoms with E-state index in [4.69, 9.17) is 4.74 Å². The second-order valence-electron chi connectivity index (χ2n) is 7.90. The van der Waals surface area contributed by atoms with Gasteiger partial charge in [0.05, 0.1) is 25.9 Å². The van der Waals surface area contributed by atoms with Gasteiger partial charge in [0.1, 0.15) is 0 Å². The van der Waals surface area contributed by atoms with E-state index >= 15 is 0 Å². The van der Waals surface area contributed by atoms with Crippen molar-refractivity contribution in [3.05, 3.63) is 95.3 Å². The van der Waals surface area contributed by atoms with Crippen LogP contribution in [0.4, 0.5) is 0 Å². The highest BCUT2D eigenvalue weighted by molar-refractivity contribution is 6.07. The maximum absolute atomic E-state index is 13.8. The van der Waals surface area contributed by atoms with Crippen molar-refractivity contribution in [1.29, 1.82) is 0 Å². The maximum Gasteiger partial charge on any atom is 0.360 e. The van der Waals surface area contributed by atoms with Crippen LogP contribution in [0.3, 0.4) is 0 Å². The molecule has 5 rings (SSSR count). The van der Waals surface area contributed by atoms with Crippen LogP contribution in [0.2, 0.25) is 0 Å². The van der Waals surface area contributed by atoms with E-state index in [2.05, 4.69) is 22.4 Å². The number of ether oxygens (including phenoxy) is 1. The van der Waals surface area contributed by atoms with Gasteiger partial charge in [0.25, 0.3) is 5.91 Å².